The lowest BCUT2D eigenvalue weighted by Crippen LogP contribution is -1.96. The summed E-state index contributed by atoms with van der Waals surface area (Å²) >= 11 is 5.54. The first-order chi connectivity index (χ1) is 9.01. The molecule has 6 heteroatoms. The summed E-state index contributed by atoms with van der Waals surface area (Å²) in [6.07, 6.45) is 0.257. The molecule has 0 saturated heterocycles. The first-order valence-corrected chi connectivity index (χ1v) is 5.46. The first kappa shape index (κ1) is 13.4. The summed E-state index contributed by atoms with van der Waals surface area (Å²) in [5.74, 6) is -3.02. The summed E-state index contributed by atoms with van der Waals surface area (Å²) in [4.78, 5) is 10.7. The van der Waals surface area contributed by atoms with Gasteiger partial charge in [-0.15, -0.1) is 0 Å². The van der Waals surface area contributed by atoms with Gasteiger partial charge in [0.1, 0.15) is 17.4 Å². The van der Waals surface area contributed by atoms with Crippen molar-refractivity contribution in [3.8, 4) is 11.5 Å². The lowest BCUT2D eigenvalue weighted by atomic mass is 10.2. The summed E-state index contributed by atoms with van der Waals surface area (Å²) in [6.45, 7) is 0. The fourth-order valence-corrected chi connectivity index (χ4v) is 1.60. The van der Waals surface area contributed by atoms with Gasteiger partial charge in [-0.05, 0) is 18.2 Å². The topological polar surface area (TPSA) is 26.3 Å². The fourth-order valence-electron chi connectivity index (χ4n) is 1.43. The van der Waals surface area contributed by atoms with Gasteiger partial charge in [-0.1, -0.05) is 11.6 Å². The maximum absolute atomic E-state index is 13.5. The molecule has 19 heavy (non-hydrogen) atoms. The van der Waals surface area contributed by atoms with Crippen molar-refractivity contribution >= 4 is 17.9 Å². The van der Waals surface area contributed by atoms with Gasteiger partial charge in [-0.2, -0.15) is 0 Å². The van der Waals surface area contributed by atoms with Gasteiger partial charge in [0.05, 0.1) is 10.6 Å². The molecule has 0 bridgehead atoms. The van der Waals surface area contributed by atoms with Crippen molar-refractivity contribution in [3.05, 3.63) is 58.4 Å². The Balaban J connectivity index is 2.42. The third-order valence-corrected chi connectivity index (χ3v) is 2.56. The Morgan fingerprint density at radius 2 is 1.79 bits per heavy atom. The lowest BCUT2D eigenvalue weighted by Gasteiger charge is -2.09. The number of aldehydes is 1. The molecule has 2 aromatic rings. The highest BCUT2D eigenvalue weighted by Gasteiger charge is 2.14. The quantitative estimate of drug-likeness (QED) is 0.784. The number of benzene rings is 2. The molecular formula is C13H6ClF3O2. The number of rotatable bonds is 3. The maximum Gasteiger partial charge on any atom is 0.173 e. The summed E-state index contributed by atoms with van der Waals surface area (Å²) in [5, 5.41) is -0.215. The zero-order valence-corrected chi connectivity index (χ0v) is 10.0. The van der Waals surface area contributed by atoms with Crippen LogP contribution in [0, 0.1) is 17.5 Å². The summed E-state index contributed by atoms with van der Waals surface area (Å²) in [7, 11) is 0. The number of hydrogen-bond donors (Lipinski definition) is 0. The van der Waals surface area contributed by atoms with Crippen LogP contribution < -0.4 is 4.74 Å². The van der Waals surface area contributed by atoms with Crippen LogP contribution in [0.5, 0.6) is 11.5 Å². The van der Waals surface area contributed by atoms with Gasteiger partial charge in [-0.3, -0.25) is 4.79 Å². The van der Waals surface area contributed by atoms with Crippen LogP contribution in [0.15, 0.2) is 30.3 Å². The third-order valence-electron chi connectivity index (χ3n) is 2.28. The monoisotopic (exact) mass is 286 g/mol. The van der Waals surface area contributed by atoms with Crippen LogP contribution in [-0.4, -0.2) is 6.29 Å². The SMILES string of the molecule is O=Cc1cc(F)cc(F)c1Oc1ccc(F)c(Cl)c1. The number of carbonyl (C=O) groups excluding carboxylic acids is 1. The Morgan fingerprint density at radius 1 is 1.05 bits per heavy atom. The Labute approximate surface area is 111 Å². The molecule has 0 radical (unpaired) electrons. The number of halogens is 4. The van der Waals surface area contributed by atoms with E-state index in [0.29, 0.717) is 6.07 Å². The predicted molar refractivity (Wildman–Crippen MR) is 63.2 cm³/mol. The zero-order chi connectivity index (χ0) is 14.0. The van der Waals surface area contributed by atoms with Crippen molar-refractivity contribution in [1.82, 2.24) is 0 Å². The highest BCUT2D eigenvalue weighted by molar-refractivity contribution is 6.30. The summed E-state index contributed by atoms with van der Waals surface area (Å²) < 4.78 is 44.5. The van der Waals surface area contributed by atoms with E-state index in [1.54, 1.807) is 0 Å². The molecule has 0 heterocycles. The van der Waals surface area contributed by atoms with Crippen molar-refractivity contribution in [2.75, 3.05) is 0 Å². The van der Waals surface area contributed by atoms with Gasteiger partial charge in [-0.25, -0.2) is 13.2 Å². The minimum atomic E-state index is -1.04. The number of ether oxygens (including phenoxy) is 1. The van der Waals surface area contributed by atoms with Crippen LogP contribution in [0.25, 0.3) is 0 Å². The Morgan fingerprint density at radius 3 is 2.42 bits per heavy atom. The van der Waals surface area contributed by atoms with Crippen LogP contribution in [0.2, 0.25) is 5.02 Å². The lowest BCUT2D eigenvalue weighted by molar-refractivity contribution is 0.112. The average Bonchev–Trinajstić information content (AvgIpc) is 2.36. The fraction of sp³-hybridized carbons (Fsp3) is 0. The molecule has 2 aromatic carbocycles. The number of hydrogen-bond acceptors (Lipinski definition) is 2. The first-order valence-electron chi connectivity index (χ1n) is 5.08. The van der Waals surface area contributed by atoms with Crippen molar-refractivity contribution in [2.24, 2.45) is 0 Å². The van der Waals surface area contributed by atoms with E-state index in [1.165, 1.54) is 6.07 Å². The second kappa shape index (κ2) is 5.32. The standard InChI is InChI=1S/C13H6ClF3O2/c14-10-5-9(1-2-11(10)16)19-13-7(6-18)3-8(15)4-12(13)17/h1-6H. The van der Waals surface area contributed by atoms with E-state index in [1.807, 2.05) is 0 Å². The highest BCUT2D eigenvalue weighted by atomic mass is 35.5. The molecule has 0 fully saturated rings. The minimum absolute atomic E-state index is 0.0278. The third kappa shape index (κ3) is 2.88. The zero-order valence-electron chi connectivity index (χ0n) is 9.29. The van der Waals surface area contributed by atoms with E-state index in [0.717, 1.165) is 18.2 Å². The average molecular weight is 287 g/mol. The van der Waals surface area contributed by atoms with E-state index < -0.39 is 23.2 Å². The molecule has 0 N–H and O–H groups in total. The van der Waals surface area contributed by atoms with Crippen LogP contribution in [-0.2, 0) is 0 Å². The van der Waals surface area contributed by atoms with Crippen molar-refractivity contribution in [1.29, 1.82) is 0 Å². The van der Waals surface area contributed by atoms with Gasteiger partial charge >= 0.3 is 0 Å². The molecule has 2 nitrogen and oxygen atoms in total. The molecule has 0 aromatic heterocycles. The van der Waals surface area contributed by atoms with Gasteiger partial charge in [0.25, 0.3) is 0 Å². The van der Waals surface area contributed by atoms with Gasteiger partial charge in [0.2, 0.25) is 0 Å². The highest BCUT2D eigenvalue weighted by Crippen LogP contribution is 2.30. The molecule has 0 aliphatic rings. The molecule has 0 saturated carbocycles. The molecular weight excluding hydrogens is 281 g/mol. The van der Waals surface area contributed by atoms with Crippen LogP contribution >= 0.6 is 11.6 Å². The molecule has 0 unspecified atom stereocenters. The van der Waals surface area contributed by atoms with Crippen LogP contribution in [0.1, 0.15) is 10.4 Å². The Hall–Kier alpha value is -2.01. The normalized spacial score (nSPS) is 10.3. The molecule has 0 aliphatic carbocycles. The molecule has 0 spiro atoms. The van der Waals surface area contributed by atoms with E-state index >= 15 is 0 Å². The van der Waals surface area contributed by atoms with Crippen LogP contribution in [0.3, 0.4) is 0 Å². The molecule has 0 atom stereocenters. The van der Waals surface area contributed by atoms with Crippen molar-refractivity contribution in [3.63, 3.8) is 0 Å². The van der Waals surface area contributed by atoms with E-state index in [4.69, 9.17) is 16.3 Å². The van der Waals surface area contributed by atoms with Gasteiger partial charge in [0, 0.05) is 12.1 Å². The number of carbonyl (C=O) groups is 1. The minimum Gasteiger partial charge on any atom is -0.453 e. The van der Waals surface area contributed by atoms with Crippen molar-refractivity contribution in [2.45, 2.75) is 0 Å². The van der Waals surface area contributed by atoms with E-state index in [9.17, 15) is 18.0 Å². The maximum atomic E-state index is 13.5. The van der Waals surface area contributed by atoms with Crippen molar-refractivity contribution < 1.29 is 22.7 Å². The van der Waals surface area contributed by atoms with Crippen LogP contribution in [0.4, 0.5) is 13.2 Å². The molecule has 0 aliphatic heterocycles. The second-order valence-corrected chi connectivity index (χ2v) is 4.01. The Bertz CT molecular complexity index is 644. The molecule has 2 rings (SSSR count). The second-order valence-electron chi connectivity index (χ2n) is 3.60. The predicted octanol–water partition coefficient (Wildman–Crippen LogP) is 4.36. The van der Waals surface area contributed by atoms with Gasteiger partial charge < -0.3 is 4.74 Å². The van der Waals surface area contributed by atoms with Gasteiger partial charge in [0.15, 0.2) is 17.9 Å². The largest absolute Gasteiger partial charge is 0.453 e. The van der Waals surface area contributed by atoms with E-state index in [-0.39, 0.29) is 22.6 Å². The Kier molecular flexibility index (Phi) is 3.76. The summed E-state index contributed by atoms with van der Waals surface area (Å²) in [6, 6.07) is 4.76. The summed E-state index contributed by atoms with van der Waals surface area (Å²) in [5.41, 5.74) is -0.294. The smallest absolute Gasteiger partial charge is 0.173 e. The van der Waals surface area contributed by atoms with E-state index in [2.05, 4.69) is 0 Å². The molecule has 98 valence electrons. The molecule has 0 amide bonds.